The zero-order valence-electron chi connectivity index (χ0n) is 7.80. The molecule has 13 heavy (non-hydrogen) atoms. The van der Waals surface area contributed by atoms with Crippen molar-refractivity contribution in [3.05, 3.63) is 0 Å². The number of thioether (sulfide) groups is 1. The smallest absolute Gasteiger partial charge is 0.0881 e. The van der Waals surface area contributed by atoms with Crippen molar-refractivity contribution in [3.63, 3.8) is 0 Å². The minimum absolute atomic E-state index is 0.300. The summed E-state index contributed by atoms with van der Waals surface area (Å²) >= 11 is 9.46. The number of hydrogen-bond acceptors (Lipinski definition) is 2. The van der Waals surface area contributed by atoms with Crippen LogP contribution in [0, 0.1) is 11.8 Å². The number of fused-ring (bicyclic) bond motifs is 1. The number of piperidine rings is 1. The Morgan fingerprint density at radius 1 is 1.46 bits per heavy atom. The van der Waals surface area contributed by atoms with Crippen LogP contribution >= 0.6 is 43.6 Å². The van der Waals surface area contributed by atoms with Gasteiger partial charge in [-0.1, -0.05) is 31.9 Å². The Morgan fingerprint density at radius 2 is 2.23 bits per heavy atom. The van der Waals surface area contributed by atoms with Gasteiger partial charge in [0.1, 0.15) is 0 Å². The van der Waals surface area contributed by atoms with Gasteiger partial charge in [-0.05, 0) is 25.1 Å². The largest absolute Gasteiger partial charge is 0.302 e. The van der Waals surface area contributed by atoms with E-state index in [2.05, 4.69) is 43.0 Å². The molecule has 0 amide bonds. The maximum Gasteiger partial charge on any atom is 0.0881 e. The first-order valence-corrected chi connectivity index (χ1v) is 7.73. The molecule has 1 aliphatic carbocycles. The number of likely N-dealkylation sites (tertiary alicyclic amines) is 1. The molecule has 4 heteroatoms. The molecule has 0 spiro atoms. The zero-order chi connectivity index (χ0) is 9.47. The Kier molecular flexibility index (Phi) is 3.34. The maximum atomic E-state index is 3.76. The second kappa shape index (κ2) is 4.03. The molecule has 76 valence electrons. The van der Waals surface area contributed by atoms with Crippen molar-refractivity contribution in [2.75, 3.05) is 31.6 Å². The molecular weight excluding hydrogens is 314 g/mol. The van der Waals surface area contributed by atoms with Crippen molar-refractivity contribution in [3.8, 4) is 0 Å². The zero-order valence-corrected chi connectivity index (χ0v) is 11.8. The fraction of sp³-hybridized carbons (Fsp3) is 1.00. The van der Waals surface area contributed by atoms with Crippen molar-refractivity contribution in [1.82, 2.24) is 4.90 Å². The average molecular weight is 329 g/mol. The van der Waals surface area contributed by atoms with Crippen LogP contribution in [0.5, 0.6) is 0 Å². The van der Waals surface area contributed by atoms with E-state index in [1.165, 1.54) is 31.8 Å². The minimum atomic E-state index is 0.300. The fourth-order valence-electron chi connectivity index (χ4n) is 2.22. The lowest BCUT2D eigenvalue weighted by Crippen LogP contribution is -2.33. The predicted molar refractivity (Wildman–Crippen MR) is 67.0 cm³/mol. The highest BCUT2D eigenvalue weighted by Gasteiger charge is 2.62. The van der Waals surface area contributed by atoms with Gasteiger partial charge in [-0.3, -0.25) is 0 Å². The molecule has 0 aromatic rings. The molecule has 1 heterocycles. The standard InChI is InChI=1S/C9H15Br2NS/c1-13-5-4-12-3-2-7-8(6-12)9(7,10)11/h7-8H,2-6H2,1H3. The third-order valence-electron chi connectivity index (χ3n) is 3.19. The molecule has 1 saturated carbocycles. The van der Waals surface area contributed by atoms with E-state index in [1.807, 2.05) is 11.8 Å². The van der Waals surface area contributed by atoms with Crippen LogP contribution in [0.25, 0.3) is 0 Å². The van der Waals surface area contributed by atoms with E-state index in [1.54, 1.807) is 0 Å². The summed E-state index contributed by atoms with van der Waals surface area (Å²) in [5, 5.41) is 0. The van der Waals surface area contributed by atoms with E-state index >= 15 is 0 Å². The lowest BCUT2D eigenvalue weighted by molar-refractivity contribution is 0.232. The van der Waals surface area contributed by atoms with Crippen molar-refractivity contribution < 1.29 is 0 Å². The monoisotopic (exact) mass is 327 g/mol. The summed E-state index contributed by atoms with van der Waals surface area (Å²) in [5.41, 5.74) is 0. The first-order chi connectivity index (χ1) is 6.16. The summed E-state index contributed by atoms with van der Waals surface area (Å²) < 4.78 is 0.300. The number of rotatable bonds is 3. The van der Waals surface area contributed by atoms with Crippen LogP contribution in [0.1, 0.15) is 6.42 Å². The summed E-state index contributed by atoms with van der Waals surface area (Å²) in [5.74, 6) is 3.01. The maximum absolute atomic E-state index is 3.76. The van der Waals surface area contributed by atoms with Gasteiger partial charge in [-0.2, -0.15) is 11.8 Å². The lowest BCUT2D eigenvalue weighted by atomic mass is 10.1. The molecule has 0 N–H and O–H groups in total. The molecule has 0 aromatic carbocycles. The summed E-state index contributed by atoms with van der Waals surface area (Å²) in [6.45, 7) is 3.84. The Hall–Kier alpha value is 1.27. The van der Waals surface area contributed by atoms with Gasteiger partial charge < -0.3 is 4.90 Å². The molecule has 2 rings (SSSR count). The van der Waals surface area contributed by atoms with Gasteiger partial charge in [-0.15, -0.1) is 0 Å². The second-order valence-corrected chi connectivity index (χ2v) is 8.64. The van der Waals surface area contributed by atoms with Gasteiger partial charge in [0.2, 0.25) is 0 Å². The third-order valence-corrected chi connectivity index (χ3v) is 6.13. The first-order valence-electron chi connectivity index (χ1n) is 4.75. The highest BCUT2D eigenvalue weighted by atomic mass is 79.9. The number of hydrogen-bond donors (Lipinski definition) is 0. The van der Waals surface area contributed by atoms with Crippen LogP contribution in [-0.2, 0) is 0 Å². The van der Waals surface area contributed by atoms with Crippen LogP contribution in [0.4, 0.5) is 0 Å². The van der Waals surface area contributed by atoms with Gasteiger partial charge in [-0.25, -0.2) is 0 Å². The molecule has 0 radical (unpaired) electrons. The van der Waals surface area contributed by atoms with E-state index in [-0.39, 0.29) is 0 Å². The first kappa shape index (κ1) is 10.8. The van der Waals surface area contributed by atoms with Crippen LogP contribution in [-0.4, -0.2) is 39.8 Å². The van der Waals surface area contributed by atoms with Crippen molar-refractivity contribution in [2.24, 2.45) is 11.8 Å². The molecular formula is C9H15Br2NS. The average Bonchev–Trinajstić information content (AvgIpc) is 2.66. The third kappa shape index (κ3) is 2.11. The van der Waals surface area contributed by atoms with E-state index < -0.39 is 0 Å². The summed E-state index contributed by atoms with van der Waals surface area (Å²) in [6.07, 6.45) is 3.54. The molecule has 1 saturated heterocycles. The van der Waals surface area contributed by atoms with E-state index in [9.17, 15) is 0 Å². The predicted octanol–water partition coefficient (Wildman–Crippen LogP) is 2.79. The molecule has 2 atom stereocenters. The van der Waals surface area contributed by atoms with Gasteiger partial charge in [0.05, 0.1) is 3.23 Å². The highest BCUT2D eigenvalue weighted by Crippen LogP contribution is 2.64. The number of nitrogens with zero attached hydrogens (tertiary/aromatic N) is 1. The van der Waals surface area contributed by atoms with Crippen LogP contribution < -0.4 is 0 Å². The van der Waals surface area contributed by atoms with Crippen molar-refractivity contribution in [1.29, 1.82) is 0 Å². The van der Waals surface area contributed by atoms with E-state index in [0.717, 1.165) is 11.8 Å². The topological polar surface area (TPSA) is 3.24 Å². The van der Waals surface area contributed by atoms with Crippen molar-refractivity contribution >= 4 is 43.6 Å². The summed E-state index contributed by atoms with van der Waals surface area (Å²) in [7, 11) is 0. The van der Waals surface area contributed by atoms with E-state index in [0.29, 0.717) is 3.23 Å². The highest BCUT2D eigenvalue weighted by molar-refractivity contribution is 9.25. The van der Waals surface area contributed by atoms with Gasteiger partial charge in [0, 0.05) is 24.8 Å². The van der Waals surface area contributed by atoms with Crippen molar-refractivity contribution in [2.45, 2.75) is 9.65 Å². The lowest BCUT2D eigenvalue weighted by Gasteiger charge is -2.25. The molecule has 0 bridgehead atoms. The summed E-state index contributed by atoms with van der Waals surface area (Å²) in [4.78, 5) is 2.60. The summed E-state index contributed by atoms with van der Waals surface area (Å²) in [6, 6.07) is 0. The second-order valence-electron chi connectivity index (χ2n) is 3.97. The van der Waals surface area contributed by atoms with E-state index in [4.69, 9.17) is 0 Å². The minimum Gasteiger partial charge on any atom is -0.302 e. The molecule has 2 fully saturated rings. The quantitative estimate of drug-likeness (QED) is 0.733. The molecule has 1 aliphatic heterocycles. The van der Waals surface area contributed by atoms with Crippen LogP contribution in [0.3, 0.4) is 0 Å². The SMILES string of the molecule is CSCCN1CCC2C(C1)C2(Br)Br. The van der Waals surface area contributed by atoms with Gasteiger partial charge in [0.25, 0.3) is 0 Å². The van der Waals surface area contributed by atoms with Gasteiger partial charge in [0.15, 0.2) is 0 Å². The Morgan fingerprint density at radius 3 is 2.85 bits per heavy atom. The Bertz CT molecular complexity index is 198. The van der Waals surface area contributed by atoms with Crippen LogP contribution in [0.15, 0.2) is 0 Å². The molecule has 2 aliphatic rings. The Labute approximate surface area is 101 Å². The molecule has 0 aromatic heterocycles. The fourth-order valence-corrected chi connectivity index (χ4v) is 4.42. The normalized spacial score (nSPS) is 37.2. The number of alkyl halides is 2. The van der Waals surface area contributed by atoms with Crippen LogP contribution in [0.2, 0.25) is 0 Å². The molecule has 1 nitrogen and oxygen atoms in total. The number of halogens is 2. The Balaban J connectivity index is 1.80. The van der Waals surface area contributed by atoms with Gasteiger partial charge >= 0.3 is 0 Å². The molecule has 2 unspecified atom stereocenters.